The van der Waals surface area contributed by atoms with E-state index < -0.39 is 86.8 Å². The number of unbranched alkanes of at least 4 members (excludes halogenated alkanes) is 22. The van der Waals surface area contributed by atoms with Gasteiger partial charge in [-0.1, -0.05) is 155 Å². The van der Waals surface area contributed by atoms with Gasteiger partial charge in [-0.25, -0.2) is 0 Å². The second-order valence-electron chi connectivity index (χ2n) is 18.0. The number of hydrogen-bond donors (Lipinski definition) is 8. The topological polar surface area (TPSA) is 236 Å². The van der Waals surface area contributed by atoms with E-state index in [2.05, 4.69) is 13.8 Å². The maximum Gasteiger partial charge on any atom is 0.187 e. The lowest BCUT2D eigenvalue weighted by molar-refractivity contribution is -0.317. The lowest BCUT2D eigenvalue weighted by atomic mass is 9.99. The van der Waals surface area contributed by atoms with E-state index >= 15 is 0 Å². The summed E-state index contributed by atoms with van der Waals surface area (Å²) < 4.78 is 46.8. The van der Waals surface area contributed by atoms with E-state index in [-0.39, 0.29) is 39.6 Å². The Morgan fingerprint density at radius 1 is 0.344 bits per heavy atom. The molecule has 0 amide bonds. The van der Waals surface area contributed by atoms with Crippen molar-refractivity contribution in [1.82, 2.24) is 0 Å². The molecule has 2 saturated heterocycles. The second kappa shape index (κ2) is 39.2. The molecule has 0 aromatic heterocycles. The molecule has 2 heterocycles. The SMILES string of the molecule is CCCCCCCCCCCCCCOCC(COCCOCC(COCCCCCCCCCCCCCC)O[C@@H]1OC(CO)[C@@H](O)[C@H](O)C1O)O[C@@H]1OC(CO)[C@@H](O)[C@H](O)C1O. The van der Waals surface area contributed by atoms with Crippen LogP contribution >= 0.6 is 0 Å². The van der Waals surface area contributed by atoms with Gasteiger partial charge in [0.05, 0.1) is 52.9 Å². The van der Waals surface area contributed by atoms with E-state index in [0.717, 1.165) is 38.5 Å². The maximum absolute atomic E-state index is 10.6. The van der Waals surface area contributed by atoms with Crippen molar-refractivity contribution in [3.05, 3.63) is 0 Å². The Hall–Kier alpha value is -0.640. The van der Waals surface area contributed by atoms with Crippen molar-refractivity contribution in [2.24, 2.45) is 0 Å². The van der Waals surface area contributed by atoms with Crippen LogP contribution in [0.25, 0.3) is 0 Å². The fourth-order valence-corrected chi connectivity index (χ4v) is 8.06. The molecule has 8 N–H and O–H groups in total. The summed E-state index contributed by atoms with van der Waals surface area (Å²) in [5.41, 5.74) is 0. The number of rotatable bonds is 43. The summed E-state index contributed by atoms with van der Waals surface area (Å²) in [6.07, 6.45) is 13.8. The Kier molecular flexibility index (Phi) is 36.5. The summed E-state index contributed by atoms with van der Waals surface area (Å²) in [7, 11) is 0. The zero-order valence-corrected chi connectivity index (χ0v) is 39.8. The highest BCUT2D eigenvalue weighted by molar-refractivity contribution is 4.90. The number of aliphatic hydroxyl groups is 8. The Labute approximate surface area is 385 Å². The van der Waals surface area contributed by atoms with Crippen LogP contribution in [-0.4, -0.2) is 181 Å². The lowest BCUT2D eigenvalue weighted by Gasteiger charge is -2.40. The molecule has 12 atom stereocenters. The molecule has 2 aliphatic heterocycles. The summed E-state index contributed by atoms with van der Waals surface area (Å²) in [6, 6.07) is 0. The predicted molar refractivity (Wildman–Crippen MR) is 243 cm³/mol. The minimum atomic E-state index is -1.58. The minimum Gasteiger partial charge on any atom is -0.394 e. The highest BCUT2D eigenvalue weighted by Crippen LogP contribution is 2.25. The summed E-state index contributed by atoms with van der Waals surface area (Å²) in [4.78, 5) is 0. The summed E-state index contributed by atoms with van der Waals surface area (Å²) in [6.45, 7) is 4.84. The van der Waals surface area contributed by atoms with Crippen molar-refractivity contribution >= 4 is 0 Å². The van der Waals surface area contributed by atoms with Crippen LogP contribution in [0.2, 0.25) is 0 Å². The molecule has 16 nitrogen and oxygen atoms in total. The molecule has 0 spiro atoms. The molecule has 2 rings (SSSR count). The van der Waals surface area contributed by atoms with Crippen LogP contribution < -0.4 is 0 Å². The van der Waals surface area contributed by atoms with Crippen LogP contribution in [-0.2, 0) is 37.9 Å². The molecular formula is C48H94O16. The van der Waals surface area contributed by atoms with Crippen LogP contribution in [0.4, 0.5) is 0 Å². The normalized spacial score (nSPS) is 27.3. The van der Waals surface area contributed by atoms with Gasteiger partial charge in [0.15, 0.2) is 12.6 Å². The highest BCUT2D eigenvalue weighted by Gasteiger charge is 2.46. The van der Waals surface area contributed by atoms with E-state index in [1.807, 2.05) is 0 Å². The van der Waals surface area contributed by atoms with Gasteiger partial charge in [0.2, 0.25) is 0 Å². The standard InChI is InChI=1S/C48H94O16/c1-3-5-7-9-11-13-15-17-19-21-23-25-27-57-33-37(61-47-45(55)43(53)41(51)39(31-49)63-47)35-59-29-30-60-36-38(62-48-46(56)44(54)42(52)40(32-50)64-48)34-58-28-26-24-22-20-18-16-14-12-10-8-6-4-2/h37-56H,3-36H2,1-2H3/t37?,38?,39?,40?,41-,42-,43+,44+,45?,46?,47-,48-/m1/s1. The summed E-state index contributed by atoms with van der Waals surface area (Å²) in [5.74, 6) is 0. The van der Waals surface area contributed by atoms with Crippen molar-refractivity contribution in [3.63, 3.8) is 0 Å². The van der Waals surface area contributed by atoms with Crippen molar-refractivity contribution in [2.45, 2.75) is 242 Å². The van der Waals surface area contributed by atoms with E-state index in [9.17, 15) is 40.9 Å². The average Bonchev–Trinajstić information content (AvgIpc) is 3.30. The van der Waals surface area contributed by atoms with E-state index in [1.54, 1.807) is 0 Å². The third kappa shape index (κ3) is 26.2. The van der Waals surface area contributed by atoms with E-state index in [1.165, 1.54) is 116 Å². The van der Waals surface area contributed by atoms with Gasteiger partial charge >= 0.3 is 0 Å². The fraction of sp³-hybridized carbons (Fsp3) is 1.00. The molecule has 0 aliphatic carbocycles. The summed E-state index contributed by atoms with van der Waals surface area (Å²) in [5, 5.41) is 81.6. The predicted octanol–water partition coefficient (Wildman–Crippen LogP) is 4.83. The monoisotopic (exact) mass is 927 g/mol. The molecule has 0 bridgehead atoms. The molecule has 16 heteroatoms. The fourth-order valence-electron chi connectivity index (χ4n) is 8.06. The quantitative estimate of drug-likeness (QED) is 0.0383. The number of ether oxygens (including phenoxy) is 8. The van der Waals surface area contributed by atoms with Crippen LogP contribution in [0, 0.1) is 0 Å². The van der Waals surface area contributed by atoms with Crippen LogP contribution in [0.5, 0.6) is 0 Å². The van der Waals surface area contributed by atoms with Crippen LogP contribution in [0.15, 0.2) is 0 Å². The van der Waals surface area contributed by atoms with E-state index in [0.29, 0.717) is 13.2 Å². The van der Waals surface area contributed by atoms with Crippen molar-refractivity contribution in [2.75, 3.05) is 66.1 Å². The first-order chi connectivity index (χ1) is 31.2. The molecule has 2 aliphatic rings. The Balaban J connectivity index is 1.80. The van der Waals surface area contributed by atoms with Gasteiger partial charge in [-0.2, -0.15) is 0 Å². The van der Waals surface area contributed by atoms with Gasteiger partial charge in [-0.05, 0) is 12.8 Å². The molecule has 0 radical (unpaired) electrons. The van der Waals surface area contributed by atoms with Gasteiger partial charge in [0, 0.05) is 13.2 Å². The van der Waals surface area contributed by atoms with Gasteiger partial charge in [0.1, 0.15) is 61.0 Å². The molecule has 0 aromatic rings. The first-order valence-electron chi connectivity index (χ1n) is 25.4. The van der Waals surface area contributed by atoms with Crippen molar-refractivity contribution in [3.8, 4) is 0 Å². The van der Waals surface area contributed by atoms with Crippen LogP contribution in [0.1, 0.15) is 168 Å². The minimum absolute atomic E-state index is 0.0176. The second-order valence-corrected chi connectivity index (χ2v) is 18.0. The number of hydrogen-bond acceptors (Lipinski definition) is 16. The molecule has 2 fully saturated rings. The first-order valence-corrected chi connectivity index (χ1v) is 25.4. The Bertz CT molecular complexity index is 950. The van der Waals surface area contributed by atoms with Gasteiger partial charge in [0.25, 0.3) is 0 Å². The van der Waals surface area contributed by atoms with Crippen LogP contribution in [0.3, 0.4) is 0 Å². The molecule has 64 heavy (non-hydrogen) atoms. The molecule has 382 valence electrons. The Morgan fingerprint density at radius 2 is 0.609 bits per heavy atom. The van der Waals surface area contributed by atoms with Gasteiger partial charge in [-0.15, -0.1) is 0 Å². The summed E-state index contributed by atoms with van der Waals surface area (Å²) >= 11 is 0. The third-order valence-corrected chi connectivity index (χ3v) is 12.2. The Morgan fingerprint density at radius 3 is 0.891 bits per heavy atom. The van der Waals surface area contributed by atoms with Crippen molar-refractivity contribution < 1.29 is 78.7 Å². The molecule has 0 aromatic carbocycles. The van der Waals surface area contributed by atoms with E-state index in [4.69, 9.17) is 37.9 Å². The zero-order chi connectivity index (χ0) is 46.6. The lowest BCUT2D eigenvalue weighted by Crippen LogP contribution is -2.60. The zero-order valence-electron chi connectivity index (χ0n) is 39.8. The molecule has 6 unspecified atom stereocenters. The maximum atomic E-state index is 10.6. The first kappa shape index (κ1) is 59.5. The smallest absolute Gasteiger partial charge is 0.187 e. The van der Waals surface area contributed by atoms with Gasteiger partial charge < -0.3 is 78.7 Å². The molecule has 0 saturated carbocycles. The van der Waals surface area contributed by atoms with Crippen molar-refractivity contribution in [1.29, 1.82) is 0 Å². The van der Waals surface area contributed by atoms with Gasteiger partial charge in [-0.3, -0.25) is 0 Å². The largest absolute Gasteiger partial charge is 0.394 e. The average molecular weight is 927 g/mol. The third-order valence-electron chi connectivity index (χ3n) is 12.2. The molecular weight excluding hydrogens is 833 g/mol. The highest BCUT2D eigenvalue weighted by atomic mass is 16.7. The number of aliphatic hydroxyl groups excluding tert-OH is 8.